The summed E-state index contributed by atoms with van der Waals surface area (Å²) in [5.74, 6) is -0.188. The van der Waals surface area contributed by atoms with E-state index in [0.717, 1.165) is 5.69 Å². The third kappa shape index (κ3) is 4.59. The second-order valence-corrected chi connectivity index (χ2v) is 3.98. The third-order valence-corrected chi connectivity index (χ3v) is 2.49. The van der Waals surface area contributed by atoms with E-state index >= 15 is 0 Å². The van der Waals surface area contributed by atoms with E-state index in [2.05, 4.69) is 15.6 Å². The molecule has 1 aromatic heterocycles. The van der Waals surface area contributed by atoms with Gasteiger partial charge in [0.15, 0.2) is 0 Å². The minimum Gasteiger partial charge on any atom is -0.480 e. The van der Waals surface area contributed by atoms with Gasteiger partial charge in [0.2, 0.25) is 5.89 Å². The van der Waals surface area contributed by atoms with Crippen molar-refractivity contribution in [1.29, 1.82) is 0 Å². The Morgan fingerprint density at radius 1 is 1.42 bits per heavy atom. The van der Waals surface area contributed by atoms with Crippen molar-refractivity contribution in [2.75, 3.05) is 6.61 Å². The van der Waals surface area contributed by atoms with Crippen LogP contribution in [0.4, 0.5) is 4.79 Å². The molecule has 1 aromatic rings. The summed E-state index contributed by atoms with van der Waals surface area (Å²) in [7, 11) is 0. The van der Waals surface area contributed by atoms with Gasteiger partial charge in [-0.3, -0.25) is 0 Å². The van der Waals surface area contributed by atoms with E-state index in [1.165, 1.54) is 0 Å². The van der Waals surface area contributed by atoms with Gasteiger partial charge in [-0.1, -0.05) is 0 Å². The van der Waals surface area contributed by atoms with E-state index < -0.39 is 18.0 Å². The fourth-order valence-corrected chi connectivity index (χ4v) is 1.37. The lowest BCUT2D eigenvalue weighted by atomic mass is 10.2. The van der Waals surface area contributed by atoms with E-state index in [0.29, 0.717) is 11.7 Å². The molecule has 0 saturated carbocycles. The standard InChI is InChI=1S/C11H17N3O5/c1-6-7(2)19-9(13-6)5-12-11(18)14-8(3-4-15)10(16)17/h8,15H,3-5H2,1-2H3,(H,16,17)(H2,12,14,18)/t8-/m0/s1. The van der Waals surface area contributed by atoms with Crippen molar-refractivity contribution >= 4 is 12.0 Å². The van der Waals surface area contributed by atoms with E-state index in [1.54, 1.807) is 13.8 Å². The van der Waals surface area contributed by atoms with Crippen LogP contribution < -0.4 is 10.6 Å². The number of carboxylic acid groups (broad SMARTS) is 1. The summed E-state index contributed by atoms with van der Waals surface area (Å²) in [4.78, 5) is 26.3. The summed E-state index contributed by atoms with van der Waals surface area (Å²) >= 11 is 0. The highest BCUT2D eigenvalue weighted by Crippen LogP contribution is 2.07. The Balaban J connectivity index is 2.44. The number of aliphatic hydroxyl groups excluding tert-OH is 1. The Morgan fingerprint density at radius 2 is 2.11 bits per heavy atom. The second-order valence-electron chi connectivity index (χ2n) is 3.98. The van der Waals surface area contributed by atoms with Crippen molar-refractivity contribution in [2.24, 2.45) is 0 Å². The van der Waals surface area contributed by atoms with Crippen LogP contribution in [0, 0.1) is 13.8 Å². The highest BCUT2D eigenvalue weighted by Gasteiger charge is 2.19. The second kappa shape index (κ2) is 6.74. The molecule has 4 N–H and O–H groups in total. The molecule has 0 spiro atoms. The highest BCUT2D eigenvalue weighted by molar-refractivity contribution is 5.82. The van der Waals surface area contributed by atoms with Crippen molar-refractivity contribution in [2.45, 2.75) is 32.9 Å². The molecular weight excluding hydrogens is 254 g/mol. The number of rotatable bonds is 6. The first kappa shape index (κ1) is 15.0. The number of aliphatic carboxylic acids is 1. The van der Waals surface area contributed by atoms with Crippen LogP contribution in [0.3, 0.4) is 0 Å². The molecule has 0 radical (unpaired) electrons. The van der Waals surface area contributed by atoms with E-state index in [4.69, 9.17) is 14.6 Å². The first-order valence-corrected chi connectivity index (χ1v) is 5.75. The summed E-state index contributed by atoms with van der Waals surface area (Å²) in [6.45, 7) is 3.28. The molecule has 1 rings (SSSR count). The Bertz CT molecular complexity index is 438. The molecule has 0 aliphatic carbocycles. The third-order valence-electron chi connectivity index (χ3n) is 2.49. The SMILES string of the molecule is Cc1nc(CNC(=O)N[C@@H](CCO)C(=O)O)oc1C. The Morgan fingerprint density at radius 3 is 2.58 bits per heavy atom. The zero-order valence-corrected chi connectivity index (χ0v) is 10.8. The molecule has 8 heteroatoms. The molecule has 2 amide bonds. The first-order valence-electron chi connectivity index (χ1n) is 5.75. The van der Waals surface area contributed by atoms with Gasteiger partial charge in [0.05, 0.1) is 12.2 Å². The van der Waals surface area contributed by atoms with Crippen LogP contribution in [-0.2, 0) is 11.3 Å². The van der Waals surface area contributed by atoms with Gasteiger partial charge in [0.25, 0.3) is 0 Å². The van der Waals surface area contributed by atoms with E-state index in [9.17, 15) is 9.59 Å². The molecule has 0 aromatic carbocycles. The van der Waals surface area contributed by atoms with Crippen LogP contribution in [0.25, 0.3) is 0 Å². The van der Waals surface area contributed by atoms with Gasteiger partial charge in [-0.25, -0.2) is 14.6 Å². The van der Waals surface area contributed by atoms with Gasteiger partial charge in [-0.05, 0) is 13.8 Å². The lowest BCUT2D eigenvalue weighted by Gasteiger charge is -2.13. The number of nitrogens with one attached hydrogen (secondary N) is 2. The smallest absolute Gasteiger partial charge is 0.326 e. The van der Waals surface area contributed by atoms with Crippen LogP contribution >= 0.6 is 0 Å². The number of aromatic nitrogens is 1. The molecule has 1 heterocycles. The summed E-state index contributed by atoms with van der Waals surface area (Å²) in [5, 5.41) is 22.1. The van der Waals surface area contributed by atoms with Crippen molar-refractivity contribution < 1.29 is 24.2 Å². The predicted octanol–water partition coefficient (Wildman–Crippen LogP) is -0.0738. The summed E-state index contributed by atoms with van der Waals surface area (Å²) in [6.07, 6.45) is -0.0556. The summed E-state index contributed by atoms with van der Waals surface area (Å²) < 4.78 is 5.25. The van der Waals surface area contributed by atoms with Gasteiger partial charge in [-0.15, -0.1) is 0 Å². The maximum Gasteiger partial charge on any atom is 0.326 e. The monoisotopic (exact) mass is 271 g/mol. The van der Waals surface area contributed by atoms with Crippen LogP contribution in [0.15, 0.2) is 4.42 Å². The minimum atomic E-state index is -1.20. The Labute approximate surface area is 109 Å². The molecule has 0 saturated heterocycles. The van der Waals surface area contributed by atoms with Crippen LogP contribution in [-0.4, -0.2) is 39.8 Å². The number of nitrogens with zero attached hydrogens (tertiary/aromatic N) is 1. The Kier molecular flexibility index (Phi) is 5.31. The molecular formula is C11H17N3O5. The maximum atomic E-state index is 11.5. The highest BCUT2D eigenvalue weighted by atomic mass is 16.4. The van der Waals surface area contributed by atoms with Crippen molar-refractivity contribution in [3.63, 3.8) is 0 Å². The molecule has 19 heavy (non-hydrogen) atoms. The molecule has 0 fully saturated rings. The van der Waals surface area contributed by atoms with Crippen molar-refractivity contribution in [3.05, 3.63) is 17.3 Å². The fraction of sp³-hybridized carbons (Fsp3) is 0.545. The van der Waals surface area contributed by atoms with Gasteiger partial charge in [0.1, 0.15) is 11.8 Å². The number of oxazole rings is 1. The fourth-order valence-electron chi connectivity index (χ4n) is 1.37. The average Bonchev–Trinajstić information content (AvgIpc) is 2.65. The normalized spacial score (nSPS) is 11.9. The van der Waals surface area contributed by atoms with Crippen LogP contribution in [0.5, 0.6) is 0 Å². The van der Waals surface area contributed by atoms with Gasteiger partial charge >= 0.3 is 12.0 Å². The summed E-state index contributed by atoms with van der Waals surface area (Å²) in [5.41, 5.74) is 0.737. The topological polar surface area (TPSA) is 125 Å². The predicted molar refractivity (Wildman–Crippen MR) is 64.5 cm³/mol. The minimum absolute atomic E-state index is 0.0556. The number of carboxylic acids is 1. The molecule has 1 atom stereocenters. The van der Waals surface area contributed by atoms with Gasteiger partial charge in [0, 0.05) is 13.0 Å². The number of carbonyl (C=O) groups excluding carboxylic acids is 1. The number of hydrogen-bond acceptors (Lipinski definition) is 5. The zero-order valence-electron chi connectivity index (χ0n) is 10.8. The Hall–Kier alpha value is -2.09. The number of amides is 2. The molecule has 106 valence electrons. The van der Waals surface area contributed by atoms with Crippen LogP contribution in [0.2, 0.25) is 0 Å². The largest absolute Gasteiger partial charge is 0.480 e. The number of urea groups is 1. The molecule has 0 unspecified atom stereocenters. The molecule has 0 aliphatic heterocycles. The van der Waals surface area contributed by atoms with Gasteiger partial charge in [-0.2, -0.15) is 0 Å². The van der Waals surface area contributed by atoms with Gasteiger partial charge < -0.3 is 25.3 Å². The molecule has 0 aliphatic rings. The lowest BCUT2D eigenvalue weighted by molar-refractivity contribution is -0.139. The van der Waals surface area contributed by atoms with E-state index in [1.807, 2.05) is 0 Å². The quantitative estimate of drug-likeness (QED) is 0.574. The first-order chi connectivity index (χ1) is 8.93. The maximum absolute atomic E-state index is 11.5. The van der Waals surface area contributed by atoms with E-state index in [-0.39, 0.29) is 19.6 Å². The number of aliphatic hydroxyl groups is 1. The van der Waals surface area contributed by atoms with Crippen molar-refractivity contribution in [1.82, 2.24) is 15.6 Å². The summed E-state index contributed by atoms with van der Waals surface area (Å²) in [6, 6.07) is -1.78. The lowest BCUT2D eigenvalue weighted by Crippen LogP contribution is -2.46. The number of hydrogen-bond donors (Lipinski definition) is 4. The number of carbonyl (C=O) groups is 2. The molecule has 0 bridgehead atoms. The number of aryl methyl sites for hydroxylation is 2. The van der Waals surface area contributed by atoms with Crippen LogP contribution in [0.1, 0.15) is 23.8 Å². The zero-order chi connectivity index (χ0) is 14.4. The van der Waals surface area contributed by atoms with Crippen molar-refractivity contribution in [3.8, 4) is 0 Å². The average molecular weight is 271 g/mol. The molecule has 8 nitrogen and oxygen atoms in total.